The Hall–Kier alpha value is -1.84. The van der Waals surface area contributed by atoms with Crippen molar-refractivity contribution in [3.05, 3.63) is 34.9 Å². The maximum Gasteiger partial charge on any atom is 0.227 e. The van der Waals surface area contributed by atoms with Crippen molar-refractivity contribution in [1.29, 1.82) is 0 Å². The summed E-state index contributed by atoms with van der Waals surface area (Å²) in [6, 6.07) is 6.24. The molecule has 1 fully saturated rings. The lowest BCUT2D eigenvalue weighted by atomic mass is 10.0. The standard InChI is InChI=1S/C19H28N2O2/c1-14(2)19(23)21-9-5-8-20(10-11-21)18(22)13-17-12-15(3)6-7-16(17)4/h6-7,12,14H,5,8-11,13H2,1-4H3. The highest BCUT2D eigenvalue weighted by molar-refractivity contribution is 5.80. The van der Waals surface area contributed by atoms with Gasteiger partial charge in [-0.1, -0.05) is 37.6 Å². The molecule has 2 rings (SSSR count). The minimum absolute atomic E-state index is 0.0206. The largest absolute Gasteiger partial charge is 0.341 e. The zero-order valence-corrected chi connectivity index (χ0v) is 14.8. The number of hydrogen-bond donors (Lipinski definition) is 0. The van der Waals surface area contributed by atoms with Crippen molar-refractivity contribution in [2.45, 2.75) is 40.5 Å². The Bertz CT molecular complexity index is 581. The average molecular weight is 316 g/mol. The highest BCUT2D eigenvalue weighted by Gasteiger charge is 2.23. The molecule has 126 valence electrons. The minimum atomic E-state index is 0.0206. The van der Waals surface area contributed by atoms with Crippen LogP contribution in [0.5, 0.6) is 0 Å². The van der Waals surface area contributed by atoms with Gasteiger partial charge in [-0.3, -0.25) is 9.59 Å². The van der Waals surface area contributed by atoms with Gasteiger partial charge in [-0.25, -0.2) is 0 Å². The first kappa shape index (κ1) is 17.5. The molecule has 0 aromatic heterocycles. The van der Waals surface area contributed by atoms with E-state index < -0.39 is 0 Å². The van der Waals surface area contributed by atoms with E-state index in [0.29, 0.717) is 19.5 Å². The highest BCUT2D eigenvalue weighted by Crippen LogP contribution is 2.14. The van der Waals surface area contributed by atoms with E-state index in [1.165, 1.54) is 5.56 Å². The number of rotatable bonds is 3. The molecule has 1 saturated heterocycles. The number of hydrogen-bond acceptors (Lipinski definition) is 2. The Morgan fingerprint density at radius 3 is 2.39 bits per heavy atom. The third kappa shape index (κ3) is 4.57. The summed E-state index contributed by atoms with van der Waals surface area (Å²) in [6.45, 7) is 10.7. The summed E-state index contributed by atoms with van der Waals surface area (Å²) in [5.41, 5.74) is 3.45. The van der Waals surface area contributed by atoms with E-state index in [9.17, 15) is 9.59 Å². The van der Waals surface area contributed by atoms with Crippen LogP contribution >= 0.6 is 0 Å². The van der Waals surface area contributed by atoms with Crippen LogP contribution in [0, 0.1) is 19.8 Å². The second kappa shape index (κ2) is 7.62. The Labute approximate surface area is 139 Å². The van der Waals surface area contributed by atoms with Gasteiger partial charge in [-0.2, -0.15) is 0 Å². The molecule has 23 heavy (non-hydrogen) atoms. The number of carbonyl (C=O) groups excluding carboxylic acids is 2. The van der Waals surface area contributed by atoms with Gasteiger partial charge in [0, 0.05) is 32.1 Å². The first-order valence-electron chi connectivity index (χ1n) is 8.51. The zero-order valence-electron chi connectivity index (χ0n) is 14.8. The molecule has 0 bridgehead atoms. The van der Waals surface area contributed by atoms with E-state index in [2.05, 4.69) is 25.1 Å². The van der Waals surface area contributed by atoms with Crippen molar-refractivity contribution in [1.82, 2.24) is 9.80 Å². The summed E-state index contributed by atoms with van der Waals surface area (Å²) < 4.78 is 0. The molecule has 0 spiro atoms. The van der Waals surface area contributed by atoms with Crippen LogP contribution in [0.2, 0.25) is 0 Å². The van der Waals surface area contributed by atoms with Gasteiger partial charge in [0.15, 0.2) is 0 Å². The lowest BCUT2D eigenvalue weighted by Crippen LogP contribution is -2.39. The normalized spacial score (nSPS) is 15.7. The van der Waals surface area contributed by atoms with Crippen molar-refractivity contribution in [2.24, 2.45) is 5.92 Å². The van der Waals surface area contributed by atoms with Gasteiger partial charge in [0.05, 0.1) is 6.42 Å². The van der Waals surface area contributed by atoms with Gasteiger partial charge >= 0.3 is 0 Å². The van der Waals surface area contributed by atoms with Gasteiger partial charge < -0.3 is 9.80 Å². The molecule has 0 atom stereocenters. The molecule has 1 aromatic rings. The SMILES string of the molecule is Cc1ccc(C)c(CC(=O)N2CCCN(C(=O)C(C)C)CC2)c1. The smallest absolute Gasteiger partial charge is 0.227 e. The number of aryl methyl sites for hydroxylation is 2. The summed E-state index contributed by atoms with van der Waals surface area (Å²) in [5, 5.41) is 0. The number of nitrogens with zero attached hydrogens (tertiary/aromatic N) is 2. The second-order valence-electron chi connectivity index (χ2n) is 6.82. The van der Waals surface area contributed by atoms with E-state index >= 15 is 0 Å². The lowest BCUT2D eigenvalue weighted by molar-refractivity contribution is -0.135. The molecule has 1 aromatic carbocycles. The number of benzene rings is 1. The summed E-state index contributed by atoms with van der Waals surface area (Å²) >= 11 is 0. The maximum atomic E-state index is 12.6. The summed E-state index contributed by atoms with van der Waals surface area (Å²) in [7, 11) is 0. The third-order valence-corrected chi connectivity index (χ3v) is 4.50. The molecule has 2 amide bonds. The topological polar surface area (TPSA) is 40.6 Å². The fraction of sp³-hybridized carbons (Fsp3) is 0.579. The van der Waals surface area contributed by atoms with Crippen LogP contribution in [-0.4, -0.2) is 47.8 Å². The van der Waals surface area contributed by atoms with Gasteiger partial charge in [0.1, 0.15) is 0 Å². The van der Waals surface area contributed by atoms with Crippen molar-refractivity contribution in [3.63, 3.8) is 0 Å². The molecule has 0 N–H and O–H groups in total. The quantitative estimate of drug-likeness (QED) is 0.860. The number of carbonyl (C=O) groups is 2. The summed E-state index contributed by atoms with van der Waals surface area (Å²) in [6.07, 6.45) is 1.31. The van der Waals surface area contributed by atoms with E-state index in [4.69, 9.17) is 0 Å². The monoisotopic (exact) mass is 316 g/mol. The Morgan fingerprint density at radius 1 is 1.04 bits per heavy atom. The molecule has 0 unspecified atom stereocenters. The maximum absolute atomic E-state index is 12.6. The molecule has 0 saturated carbocycles. The van der Waals surface area contributed by atoms with Gasteiger partial charge in [-0.15, -0.1) is 0 Å². The van der Waals surface area contributed by atoms with Crippen LogP contribution in [0.1, 0.15) is 37.0 Å². The molecule has 1 aliphatic heterocycles. The summed E-state index contributed by atoms with van der Waals surface area (Å²) in [5.74, 6) is 0.374. The fourth-order valence-corrected chi connectivity index (χ4v) is 3.02. The van der Waals surface area contributed by atoms with E-state index in [1.54, 1.807) is 0 Å². The Balaban J connectivity index is 1.98. The lowest BCUT2D eigenvalue weighted by Gasteiger charge is -2.23. The molecule has 4 nitrogen and oxygen atoms in total. The average Bonchev–Trinajstić information content (AvgIpc) is 2.76. The van der Waals surface area contributed by atoms with Gasteiger partial charge in [-0.05, 0) is 31.4 Å². The van der Waals surface area contributed by atoms with E-state index in [-0.39, 0.29) is 17.7 Å². The first-order valence-corrected chi connectivity index (χ1v) is 8.51. The van der Waals surface area contributed by atoms with Crippen LogP contribution in [0.4, 0.5) is 0 Å². The molecule has 0 aliphatic carbocycles. The van der Waals surface area contributed by atoms with Crippen LogP contribution in [0.3, 0.4) is 0 Å². The minimum Gasteiger partial charge on any atom is -0.341 e. The molecule has 0 radical (unpaired) electrons. The second-order valence-corrected chi connectivity index (χ2v) is 6.82. The molecule has 1 aliphatic rings. The van der Waals surface area contributed by atoms with Crippen molar-refractivity contribution in [2.75, 3.05) is 26.2 Å². The van der Waals surface area contributed by atoms with Crippen LogP contribution in [0.15, 0.2) is 18.2 Å². The van der Waals surface area contributed by atoms with Crippen LogP contribution < -0.4 is 0 Å². The third-order valence-electron chi connectivity index (χ3n) is 4.50. The van der Waals surface area contributed by atoms with Crippen molar-refractivity contribution < 1.29 is 9.59 Å². The first-order chi connectivity index (χ1) is 10.9. The van der Waals surface area contributed by atoms with Crippen LogP contribution in [-0.2, 0) is 16.0 Å². The van der Waals surface area contributed by atoms with Crippen LogP contribution in [0.25, 0.3) is 0 Å². The Morgan fingerprint density at radius 2 is 1.70 bits per heavy atom. The number of amides is 2. The summed E-state index contributed by atoms with van der Waals surface area (Å²) in [4.78, 5) is 28.6. The zero-order chi connectivity index (χ0) is 17.0. The Kier molecular flexibility index (Phi) is 5.80. The van der Waals surface area contributed by atoms with Gasteiger partial charge in [0.25, 0.3) is 0 Å². The fourth-order valence-electron chi connectivity index (χ4n) is 3.02. The molecule has 1 heterocycles. The van der Waals surface area contributed by atoms with Gasteiger partial charge in [0.2, 0.25) is 11.8 Å². The van der Waals surface area contributed by atoms with Crippen molar-refractivity contribution in [3.8, 4) is 0 Å². The molecular formula is C19H28N2O2. The van der Waals surface area contributed by atoms with E-state index in [1.807, 2.05) is 30.6 Å². The highest BCUT2D eigenvalue weighted by atomic mass is 16.2. The predicted octanol–water partition coefficient (Wildman–Crippen LogP) is 2.56. The molecule has 4 heteroatoms. The van der Waals surface area contributed by atoms with Crippen molar-refractivity contribution >= 4 is 11.8 Å². The van der Waals surface area contributed by atoms with E-state index in [0.717, 1.165) is 30.6 Å². The molecular weight excluding hydrogens is 288 g/mol. The predicted molar refractivity (Wildman–Crippen MR) is 92.2 cm³/mol.